The van der Waals surface area contributed by atoms with E-state index in [9.17, 15) is 4.79 Å². The van der Waals surface area contributed by atoms with Crippen LogP contribution < -0.4 is 5.32 Å². The quantitative estimate of drug-likeness (QED) is 0.933. The minimum absolute atomic E-state index is 0.0999. The van der Waals surface area contributed by atoms with E-state index in [2.05, 4.69) is 15.3 Å². The molecule has 0 saturated carbocycles. The summed E-state index contributed by atoms with van der Waals surface area (Å²) in [4.78, 5) is 19.5. The van der Waals surface area contributed by atoms with E-state index >= 15 is 0 Å². The summed E-state index contributed by atoms with van der Waals surface area (Å²) in [5, 5.41) is 2.93. The Bertz CT molecular complexity index is 569. The minimum atomic E-state index is -0.0999. The van der Waals surface area contributed by atoms with Crippen molar-refractivity contribution in [3.05, 3.63) is 52.9 Å². The summed E-state index contributed by atoms with van der Waals surface area (Å²) < 4.78 is 0. The number of anilines is 1. The minimum Gasteiger partial charge on any atom is -0.309 e. The number of nitrogens with zero attached hydrogens (tertiary/aromatic N) is 2. The molecule has 1 N–H and O–H groups in total. The summed E-state index contributed by atoms with van der Waals surface area (Å²) in [5.41, 5.74) is 2.35. The van der Waals surface area contributed by atoms with Gasteiger partial charge in [-0.25, -0.2) is 4.98 Å². The van der Waals surface area contributed by atoms with Gasteiger partial charge in [0.1, 0.15) is 5.15 Å². The van der Waals surface area contributed by atoms with Crippen molar-refractivity contribution in [1.29, 1.82) is 0 Å². The molecular weight excluding hydrogens is 262 g/mol. The van der Waals surface area contributed by atoms with E-state index in [0.717, 1.165) is 5.56 Å². The van der Waals surface area contributed by atoms with E-state index in [0.29, 0.717) is 18.7 Å². The first-order valence-corrected chi connectivity index (χ1v) is 6.34. The summed E-state index contributed by atoms with van der Waals surface area (Å²) >= 11 is 5.69. The summed E-state index contributed by atoms with van der Waals surface area (Å²) in [7, 11) is 0. The van der Waals surface area contributed by atoms with Crippen molar-refractivity contribution in [2.45, 2.75) is 19.8 Å². The van der Waals surface area contributed by atoms with E-state index in [-0.39, 0.29) is 11.1 Å². The van der Waals surface area contributed by atoms with Crippen LogP contribution >= 0.6 is 11.6 Å². The van der Waals surface area contributed by atoms with Gasteiger partial charge >= 0.3 is 0 Å². The molecule has 98 valence electrons. The van der Waals surface area contributed by atoms with Crippen molar-refractivity contribution in [1.82, 2.24) is 9.97 Å². The molecule has 1 aromatic heterocycles. The number of aromatic nitrogens is 2. The van der Waals surface area contributed by atoms with E-state index in [1.807, 2.05) is 31.2 Å². The average molecular weight is 276 g/mol. The van der Waals surface area contributed by atoms with Crippen LogP contribution in [-0.4, -0.2) is 15.9 Å². The Morgan fingerprint density at radius 1 is 1.26 bits per heavy atom. The summed E-state index contributed by atoms with van der Waals surface area (Å²) in [6, 6.07) is 8.13. The van der Waals surface area contributed by atoms with Crippen molar-refractivity contribution < 1.29 is 4.79 Å². The van der Waals surface area contributed by atoms with Gasteiger partial charge in [0.2, 0.25) is 5.91 Å². The highest BCUT2D eigenvalue weighted by atomic mass is 35.5. The molecule has 1 amide bonds. The number of rotatable bonds is 4. The van der Waals surface area contributed by atoms with Crippen molar-refractivity contribution in [2.24, 2.45) is 0 Å². The molecule has 0 radical (unpaired) electrons. The lowest BCUT2D eigenvalue weighted by Crippen LogP contribution is -2.13. The zero-order valence-corrected chi connectivity index (χ0v) is 11.3. The highest BCUT2D eigenvalue weighted by molar-refractivity contribution is 6.29. The molecular formula is C14H14ClN3O. The molecule has 0 aliphatic heterocycles. The lowest BCUT2D eigenvalue weighted by molar-refractivity contribution is -0.116. The topological polar surface area (TPSA) is 54.9 Å². The molecule has 0 fully saturated rings. The molecule has 0 saturated heterocycles. The van der Waals surface area contributed by atoms with Crippen molar-refractivity contribution >= 4 is 23.3 Å². The predicted molar refractivity (Wildman–Crippen MR) is 75.2 cm³/mol. The third kappa shape index (κ3) is 4.34. The first kappa shape index (κ1) is 13.5. The molecule has 1 aromatic carbocycles. The molecule has 2 aromatic rings. The summed E-state index contributed by atoms with van der Waals surface area (Å²) in [6.07, 6.45) is 3.98. The normalized spacial score (nSPS) is 10.2. The molecule has 0 unspecified atom stereocenters. The van der Waals surface area contributed by atoms with Crippen LogP contribution in [0.3, 0.4) is 0 Å². The van der Waals surface area contributed by atoms with Crippen LogP contribution in [0.1, 0.15) is 17.5 Å². The first-order valence-electron chi connectivity index (χ1n) is 5.96. The summed E-state index contributed by atoms with van der Waals surface area (Å²) in [6.45, 7) is 2.04. The number of hydrogen-bond donors (Lipinski definition) is 1. The Morgan fingerprint density at radius 2 is 2.00 bits per heavy atom. The number of benzene rings is 1. The first-order chi connectivity index (χ1) is 9.13. The smallest absolute Gasteiger partial charge is 0.225 e. The Kier molecular flexibility index (Phi) is 4.47. The number of aryl methyl sites for hydroxylation is 2. The maximum atomic E-state index is 11.7. The number of carbonyl (C=O) groups excluding carboxylic acids is 1. The van der Waals surface area contributed by atoms with Gasteiger partial charge in [-0.3, -0.25) is 9.78 Å². The van der Waals surface area contributed by atoms with Gasteiger partial charge in [0.15, 0.2) is 5.82 Å². The molecule has 2 rings (SSSR count). The van der Waals surface area contributed by atoms with Gasteiger partial charge < -0.3 is 5.32 Å². The highest BCUT2D eigenvalue weighted by Crippen LogP contribution is 2.09. The van der Waals surface area contributed by atoms with E-state index in [1.54, 1.807) is 0 Å². The van der Waals surface area contributed by atoms with Crippen LogP contribution in [0.2, 0.25) is 5.15 Å². The van der Waals surface area contributed by atoms with Crippen molar-refractivity contribution in [2.75, 3.05) is 5.32 Å². The van der Waals surface area contributed by atoms with Crippen LogP contribution in [0.5, 0.6) is 0 Å². The second-order valence-corrected chi connectivity index (χ2v) is 4.65. The maximum absolute atomic E-state index is 11.7. The van der Waals surface area contributed by atoms with E-state index < -0.39 is 0 Å². The number of amides is 1. The van der Waals surface area contributed by atoms with Gasteiger partial charge in [-0.1, -0.05) is 41.4 Å². The van der Waals surface area contributed by atoms with Gasteiger partial charge in [-0.15, -0.1) is 0 Å². The summed E-state index contributed by atoms with van der Waals surface area (Å²) in [5.74, 6) is 0.276. The molecule has 19 heavy (non-hydrogen) atoms. The fourth-order valence-corrected chi connectivity index (χ4v) is 1.77. The third-order valence-corrected chi connectivity index (χ3v) is 2.82. The van der Waals surface area contributed by atoms with Gasteiger partial charge in [0, 0.05) is 6.42 Å². The third-order valence-electron chi connectivity index (χ3n) is 2.63. The second kappa shape index (κ2) is 6.29. The van der Waals surface area contributed by atoms with Crippen LogP contribution in [0.15, 0.2) is 36.7 Å². The van der Waals surface area contributed by atoms with Gasteiger partial charge in [0.05, 0.1) is 12.4 Å². The lowest BCUT2D eigenvalue weighted by atomic mass is 10.1. The average Bonchev–Trinajstić information content (AvgIpc) is 2.38. The van der Waals surface area contributed by atoms with E-state index in [4.69, 9.17) is 11.6 Å². The Labute approximate surface area is 116 Å². The van der Waals surface area contributed by atoms with Crippen molar-refractivity contribution in [3.8, 4) is 0 Å². The van der Waals surface area contributed by atoms with Crippen LogP contribution in [0, 0.1) is 6.92 Å². The van der Waals surface area contributed by atoms with Gasteiger partial charge in [0.25, 0.3) is 0 Å². The molecule has 0 bridgehead atoms. The van der Waals surface area contributed by atoms with Crippen molar-refractivity contribution in [3.63, 3.8) is 0 Å². The Balaban J connectivity index is 1.86. The zero-order chi connectivity index (χ0) is 13.7. The fraction of sp³-hybridized carbons (Fsp3) is 0.214. The number of carbonyl (C=O) groups is 1. The monoisotopic (exact) mass is 275 g/mol. The standard InChI is InChI=1S/C14H14ClN3O/c1-10-2-4-11(5-3-10)6-7-14(19)18-13-9-16-8-12(15)17-13/h2-5,8-9H,6-7H2,1H3,(H,17,18,19). The predicted octanol–water partition coefficient (Wildman–Crippen LogP) is 3.01. The van der Waals surface area contributed by atoms with Gasteiger partial charge in [-0.05, 0) is 18.9 Å². The zero-order valence-electron chi connectivity index (χ0n) is 10.6. The number of nitrogens with one attached hydrogen (secondary N) is 1. The Hall–Kier alpha value is -1.94. The van der Waals surface area contributed by atoms with Gasteiger partial charge in [-0.2, -0.15) is 0 Å². The second-order valence-electron chi connectivity index (χ2n) is 4.26. The maximum Gasteiger partial charge on any atom is 0.225 e. The molecule has 5 heteroatoms. The largest absolute Gasteiger partial charge is 0.309 e. The van der Waals surface area contributed by atoms with Crippen LogP contribution in [0.25, 0.3) is 0 Å². The van der Waals surface area contributed by atoms with Crippen LogP contribution in [0.4, 0.5) is 5.82 Å². The molecule has 0 atom stereocenters. The highest BCUT2D eigenvalue weighted by Gasteiger charge is 2.04. The SMILES string of the molecule is Cc1ccc(CCC(=O)Nc2cncc(Cl)n2)cc1. The fourth-order valence-electron chi connectivity index (χ4n) is 1.62. The number of halogens is 1. The lowest BCUT2D eigenvalue weighted by Gasteiger charge is -2.04. The molecule has 0 spiro atoms. The van der Waals surface area contributed by atoms with Crippen LogP contribution in [-0.2, 0) is 11.2 Å². The molecule has 0 aliphatic carbocycles. The molecule has 0 aliphatic rings. The number of hydrogen-bond acceptors (Lipinski definition) is 3. The molecule has 4 nitrogen and oxygen atoms in total. The Morgan fingerprint density at radius 3 is 2.68 bits per heavy atom. The van der Waals surface area contributed by atoms with E-state index in [1.165, 1.54) is 18.0 Å². The molecule has 1 heterocycles.